The number of ether oxygens (including phenoxy) is 2. The molecule has 108 valence electrons. The van der Waals surface area contributed by atoms with Crippen molar-refractivity contribution in [2.45, 2.75) is 26.8 Å². The molecule has 1 N–H and O–H groups in total. The summed E-state index contributed by atoms with van der Waals surface area (Å²) in [6.45, 7) is 9.33. The van der Waals surface area contributed by atoms with Gasteiger partial charge in [-0.15, -0.1) is 0 Å². The SMILES string of the molecule is COCCN(CCOC)CC(=O)NC(C)C(C)C. The standard InChI is InChI=1S/C13H28N2O3/c1-11(2)12(3)14-13(16)10-15(6-8-17-4)7-9-18-5/h11-12H,6-10H2,1-5H3,(H,14,16). The highest BCUT2D eigenvalue weighted by molar-refractivity contribution is 5.78. The number of methoxy groups -OCH3 is 2. The summed E-state index contributed by atoms with van der Waals surface area (Å²) in [6, 6.07) is 0.198. The maximum Gasteiger partial charge on any atom is 0.234 e. The maximum atomic E-state index is 11.9. The summed E-state index contributed by atoms with van der Waals surface area (Å²) in [6.07, 6.45) is 0. The summed E-state index contributed by atoms with van der Waals surface area (Å²) >= 11 is 0. The lowest BCUT2D eigenvalue weighted by molar-refractivity contribution is -0.123. The van der Waals surface area contributed by atoms with Gasteiger partial charge in [0.1, 0.15) is 0 Å². The molecule has 0 rings (SSSR count). The van der Waals surface area contributed by atoms with Crippen molar-refractivity contribution in [1.29, 1.82) is 0 Å². The van der Waals surface area contributed by atoms with Crippen LogP contribution >= 0.6 is 0 Å². The Bertz CT molecular complexity index is 214. The van der Waals surface area contributed by atoms with E-state index in [-0.39, 0.29) is 11.9 Å². The number of rotatable bonds is 10. The van der Waals surface area contributed by atoms with Gasteiger partial charge in [-0.05, 0) is 12.8 Å². The Labute approximate surface area is 111 Å². The van der Waals surface area contributed by atoms with E-state index in [0.29, 0.717) is 25.7 Å². The van der Waals surface area contributed by atoms with Crippen LogP contribution in [0.5, 0.6) is 0 Å². The van der Waals surface area contributed by atoms with Crippen molar-refractivity contribution in [3.63, 3.8) is 0 Å². The summed E-state index contributed by atoms with van der Waals surface area (Å²) in [7, 11) is 3.32. The molecule has 0 aromatic carbocycles. The van der Waals surface area contributed by atoms with Crippen molar-refractivity contribution in [2.75, 3.05) is 47.1 Å². The quantitative estimate of drug-likeness (QED) is 0.629. The largest absolute Gasteiger partial charge is 0.383 e. The Morgan fingerprint density at radius 3 is 2.00 bits per heavy atom. The Balaban J connectivity index is 4.07. The fourth-order valence-corrected chi connectivity index (χ4v) is 1.38. The first-order chi connectivity index (χ1) is 8.51. The van der Waals surface area contributed by atoms with Gasteiger partial charge in [-0.25, -0.2) is 0 Å². The van der Waals surface area contributed by atoms with Gasteiger partial charge in [0, 0.05) is 33.4 Å². The minimum absolute atomic E-state index is 0.0587. The van der Waals surface area contributed by atoms with Gasteiger partial charge in [0.05, 0.1) is 19.8 Å². The summed E-state index contributed by atoms with van der Waals surface area (Å²) in [5, 5.41) is 3.00. The minimum atomic E-state index is 0.0587. The molecule has 0 aromatic heterocycles. The van der Waals surface area contributed by atoms with E-state index >= 15 is 0 Å². The lowest BCUT2D eigenvalue weighted by atomic mass is 10.1. The third-order valence-corrected chi connectivity index (χ3v) is 2.98. The van der Waals surface area contributed by atoms with Crippen LogP contribution in [0.2, 0.25) is 0 Å². The molecule has 1 unspecified atom stereocenters. The number of nitrogens with one attached hydrogen (secondary N) is 1. The zero-order chi connectivity index (χ0) is 14.0. The van der Waals surface area contributed by atoms with Crippen LogP contribution in [-0.4, -0.2) is 63.9 Å². The minimum Gasteiger partial charge on any atom is -0.383 e. The van der Waals surface area contributed by atoms with E-state index in [1.54, 1.807) is 14.2 Å². The number of nitrogens with zero attached hydrogens (tertiary/aromatic N) is 1. The molecule has 1 amide bonds. The molecule has 0 saturated carbocycles. The molecule has 18 heavy (non-hydrogen) atoms. The first kappa shape index (κ1) is 17.4. The molecule has 0 aliphatic rings. The first-order valence-electron chi connectivity index (χ1n) is 6.50. The molecule has 0 aliphatic carbocycles. The van der Waals surface area contributed by atoms with Crippen molar-refractivity contribution in [2.24, 2.45) is 5.92 Å². The lowest BCUT2D eigenvalue weighted by Gasteiger charge is -2.23. The van der Waals surface area contributed by atoms with E-state index in [9.17, 15) is 4.79 Å². The van der Waals surface area contributed by atoms with E-state index in [0.717, 1.165) is 13.1 Å². The maximum absolute atomic E-state index is 11.9. The Morgan fingerprint density at radius 2 is 1.61 bits per heavy atom. The van der Waals surface area contributed by atoms with E-state index in [2.05, 4.69) is 19.2 Å². The molecule has 0 aromatic rings. The first-order valence-corrected chi connectivity index (χ1v) is 6.50. The van der Waals surface area contributed by atoms with Gasteiger partial charge in [-0.2, -0.15) is 0 Å². The van der Waals surface area contributed by atoms with Gasteiger partial charge in [0.2, 0.25) is 5.91 Å². The van der Waals surface area contributed by atoms with E-state index < -0.39 is 0 Å². The van der Waals surface area contributed by atoms with Crippen LogP contribution in [0.1, 0.15) is 20.8 Å². The third kappa shape index (κ3) is 8.44. The van der Waals surface area contributed by atoms with Crippen LogP contribution in [-0.2, 0) is 14.3 Å². The van der Waals surface area contributed by atoms with Crippen LogP contribution in [0.15, 0.2) is 0 Å². The van der Waals surface area contributed by atoms with E-state index in [1.165, 1.54) is 0 Å². The van der Waals surface area contributed by atoms with Gasteiger partial charge in [-0.3, -0.25) is 9.69 Å². The van der Waals surface area contributed by atoms with E-state index in [4.69, 9.17) is 9.47 Å². The number of carbonyl (C=O) groups excluding carboxylic acids is 1. The van der Waals surface area contributed by atoms with Gasteiger partial charge < -0.3 is 14.8 Å². The topological polar surface area (TPSA) is 50.8 Å². The molecular weight excluding hydrogens is 232 g/mol. The second-order valence-corrected chi connectivity index (χ2v) is 4.86. The highest BCUT2D eigenvalue weighted by Gasteiger charge is 2.14. The van der Waals surface area contributed by atoms with Gasteiger partial charge >= 0.3 is 0 Å². The second kappa shape index (κ2) is 10.3. The van der Waals surface area contributed by atoms with Crippen LogP contribution in [0.25, 0.3) is 0 Å². The van der Waals surface area contributed by atoms with Gasteiger partial charge in [0.15, 0.2) is 0 Å². The predicted molar refractivity (Wildman–Crippen MR) is 72.6 cm³/mol. The second-order valence-electron chi connectivity index (χ2n) is 4.86. The fraction of sp³-hybridized carbons (Fsp3) is 0.923. The highest BCUT2D eigenvalue weighted by atomic mass is 16.5. The monoisotopic (exact) mass is 260 g/mol. The number of amides is 1. The molecule has 0 heterocycles. The number of hydrogen-bond donors (Lipinski definition) is 1. The number of carbonyl (C=O) groups is 1. The average Bonchev–Trinajstić information content (AvgIpc) is 2.32. The molecule has 0 aliphatic heterocycles. The summed E-state index contributed by atoms with van der Waals surface area (Å²) < 4.78 is 10.1. The molecule has 0 fully saturated rings. The van der Waals surface area contributed by atoms with Gasteiger partial charge in [0.25, 0.3) is 0 Å². The average molecular weight is 260 g/mol. The third-order valence-electron chi connectivity index (χ3n) is 2.98. The summed E-state index contributed by atoms with van der Waals surface area (Å²) in [5.74, 6) is 0.503. The molecule has 1 atom stereocenters. The number of hydrogen-bond acceptors (Lipinski definition) is 4. The zero-order valence-electron chi connectivity index (χ0n) is 12.4. The van der Waals surface area contributed by atoms with Crippen molar-refractivity contribution < 1.29 is 14.3 Å². The van der Waals surface area contributed by atoms with E-state index in [1.807, 2.05) is 11.8 Å². The molecule has 0 saturated heterocycles. The van der Waals surface area contributed by atoms with Crippen molar-refractivity contribution in [3.8, 4) is 0 Å². The lowest BCUT2D eigenvalue weighted by Crippen LogP contribution is -2.44. The predicted octanol–water partition coefficient (Wildman–Crippen LogP) is 0.742. The highest BCUT2D eigenvalue weighted by Crippen LogP contribution is 1.99. The smallest absolute Gasteiger partial charge is 0.234 e. The zero-order valence-corrected chi connectivity index (χ0v) is 12.4. The molecule has 5 heteroatoms. The Kier molecular flexibility index (Phi) is 9.92. The molecule has 5 nitrogen and oxygen atoms in total. The Morgan fingerprint density at radius 1 is 1.11 bits per heavy atom. The summed E-state index contributed by atoms with van der Waals surface area (Å²) in [5.41, 5.74) is 0. The summed E-state index contributed by atoms with van der Waals surface area (Å²) in [4.78, 5) is 13.9. The van der Waals surface area contributed by atoms with Crippen LogP contribution < -0.4 is 5.32 Å². The van der Waals surface area contributed by atoms with Crippen LogP contribution in [0.3, 0.4) is 0 Å². The molecule has 0 spiro atoms. The van der Waals surface area contributed by atoms with Crippen molar-refractivity contribution in [3.05, 3.63) is 0 Å². The van der Waals surface area contributed by atoms with Crippen molar-refractivity contribution in [1.82, 2.24) is 10.2 Å². The normalized spacial score (nSPS) is 13.1. The van der Waals surface area contributed by atoms with Crippen molar-refractivity contribution >= 4 is 5.91 Å². The Hall–Kier alpha value is -0.650. The molecular formula is C13H28N2O3. The molecule has 0 radical (unpaired) electrons. The van der Waals surface area contributed by atoms with Crippen LogP contribution in [0, 0.1) is 5.92 Å². The molecule has 0 bridgehead atoms. The van der Waals surface area contributed by atoms with Gasteiger partial charge in [-0.1, -0.05) is 13.8 Å². The fourth-order valence-electron chi connectivity index (χ4n) is 1.38. The van der Waals surface area contributed by atoms with Crippen LogP contribution in [0.4, 0.5) is 0 Å².